The van der Waals surface area contributed by atoms with E-state index in [0.717, 1.165) is 11.1 Å². The zero-order valence-corrected chi connectivity index (χ0v) is 14.1. The Hall–Kier alpha value is -2.94. The fourth-order valence-electron chi connectivity index (χ4n) is 2.74. The number of hydrogen-bond donors (Lipinski definition) is 1. The number of benzene rings is 3. The van der Waals surface area contributed by atoms with E-state index < -0.39 is 5.92 Å². The summed E-state index contributed by atoms with van der Waals surface area (Å²) in [5.41, 5.74) is 3.07. The number of carbonyl (C=O) groups excluding carboxylic acids is 1. The molecule has 3 aromatic carbocycles. The molecule has 0 spiro atoms. The average Bonchev–Trinajstić information content (AvgIpc) is 2.67. The minimum atomic E-state index is -0.414. The van der Waals surface area contributed by atoms with Gasteiger partial charge < -0.3 is 5.32 Å². The van der Waals surface area contributed by atoms with Gasteiger partial charge in [0.05, 0.1) is 5.92 Å². The van der Waals surface area contributed by atoms with Gasteiger partial charge in [-0.3, -0.25) is 4.79 Å². The standard InChI is InChI=1S/C22H20FNO/c1-16(22(25)24-15-17-8-4-2-5-9-17)19-12-13-20(21(23)14-19)18-10-6-3-7-11-18/h2-14,16H,15H2,1H3,(H,24,25). The molecule has 0 heterocycles. The van der Waals surface area contributed by atoms with E-state index in [0.29, 0.717) is 17.7 Å². The van der Waals surface area contributed by atoms with Crippen molar-refractivity contribution >= 4 is 5.91 Å². The van der Waals surface area contributed by atoms with Crippen LogP contribution in [0.5, 0.6) is 0 Å². The molecule has 25 heavy (non-hydrogen) atoms. The summed E-state index contributed by atoms with van der Waals surface area (Å²) < 4.78 is 14.5. The largest absolute Gasteiger partial charge is 0.352 e. The molecular formula is C22H20FNO. The van der Waals surface area contributed by atoms with Crippen LogP contribution in [0.1, 0.15) is 24.0 Å². The van der Waals surface area contributed by atoms with Crippen LogP contribution in [0, 0.1) is 5.82 Å². The zero-order chi connectivity index (χ0) is 17.6. The Morgan fingerprint density at radius 1 is 0.960 bits per heavy atom. The first-order chi connectivity index (χ1) is 12.1. The number of halogens is 1. The Kier molecular flexibility index (Phi) is 5.24. The fraction of sp³-hybridized carbons (Fsp3) is 0.136. The van der Waals surface area contributed by atoms with E-state index >= 15 is 0 Å². The summed E-state index contributed by atoms with van der Waals surface area (Å²) in [6, 6.07) is 24.1. The maximum absolute atomic E-state index is 14.5. The molecule has 0 saturated heterocycles. The summed E-state index contributed by atoms with van der Waals surface area (Å²) in [6.07, 6.45) is 0. The summed E-state index contributed by atoms with van der Waals surface area (Å²) in [5.74, 6) is -0.842. The molecule has 0 bridgehead atoms. The van der Waals surface area contributed by atoms with Gasteiger partial charge >= 0.3 is 0 Å². The lowest BCUT2D eigenvalue weighted by Crippen LogP contribution is -2.27. The van der Waals surface area contributed by atoms with E-state index in [2.05, 4.69) is 5.32 Å². The van der Waals surface area contributed by atoms with Crippen LogP contribution in [-0.2, 0) is 11.3 Å². The third kappa shape index (κ3) is 4.13. The molecule has 3 aromatic rings. The summed E-state index contributed by atoms with van der Waals surface area (Å²) in [6.45, 7) is 2.26. The van der Waals surface area contributed by atoms with Crippen molar-refractivity contribution in [3.05, 3.63) is 95.8 Å². The van der Waals surface area contributed by atoms with Gasteiger partial charge in [0.2, 0.25) is 5.91 Å². The van der Waals surface area contributed by atoms with E-state index in [1.807, 2.05) is 66.7 Å². The Bertz CT molecular complexity index is 846. The molecule has 1 amide bonds. The monoisotopic (exact) mass is 333 g/mol. The molecule has 3 rings (SSSR count). The van der Waals surface area contributed by atoms with Gasteiger partial charge in [-0.1, -0.05) is 72.8 Å². The molecule has 1 atom stereocenters. The molecule has 2 nitrogen and oxygen atoms in total. The van der Waals surface area contributed by atoms with Crippen molar-refractivity contribution in [3.8, 4) is 11.1 Å². The second-order valence-electron chi connectivity index (χ2n) is 6.03. The topological polar surface area (TPSA) is 29.1 Å². The van der Waals surface area contributed by atoms with Crippen LogP contribution in [0.3, 0.4) is 0 Å². The van der Waals surface area contributed by atoms with E-state index in [9.17, 15) is 9.18 Å². The van der Waals surface area contributed by atoms with Gasteiger partial charge in [-0.15, -0.1) is 0 Å². The predicted molar refractivity (Wildman–Crippen MR) is 98.5 cm³/mol. The first-order valence-electron chi connectivity index (χ1n) is 8.31. The van der Waals surface area contributed by atoms with E-state index in [4.69, 9.17) is 0 Å². The van der Waals surface area contributed by atoms with E-state index in [-0.39, 0.29) is 11.7 Å². The van der Waals surface area contributed by atoms with Crippen LogP contribution in [0.25, 0.3) is 11.1 Å². The van der Waals surface area contributed by atoms with Gasteiger partial charge in [0, 0.05) is 12.1 Å². The molecule has 3 heteroatoms. The quantitative estimate of drug-likeness (QED) is 0.706. The number of nitrogens with one attached hydrogen (secondary N) is 1. The third-order valence-electron chi connectivity index (χ3n) is 4.28. The normalized spacial score (nSPS) is 11.8. The number of hydrogen-bond acceptors (Lipinski definition) is 1. The van der Waals surface area contributed by atoms with Crippen molar-refractivity contribution in [2.45, 2.75) is 19.4 Å². The van der Waals surface area contributed by atoms with Crippen molar-refractivity contribution in [2.24, 2.45) is 0 Å². The van der Waals surface area contributed by atoms with Gasteiger partial charge in [-0.05, 0) is 29.7 Å². The Labute approximate surface area is 147 Å². The third-order valence-corrected chi connectivity index (χ3v) is 4.28. The highest BCUT2D eigenvalue weighted by Gasteiger charge is 2.17. The molecule has 0 aliphatic rings. The second-order valence-corrected chi connectivity index (χ2v) is 6.03. The van der Waals surface area contributed by atoms with Crippen molar-refractivity contribution in [1.29, 1.82) is 0 Å². The Morgan fingerprint density at radius 2 is 1.60 bits per heavy atom. The highest BCUT2D eigenvalue weighted by Crippen LogP contribution is 2.26. The van der Waals surface area contributed by atoms with Gasteiger partial charge in [-0.25, -0.2) is 4.39 Å². The van der Waals surface area contributed by atoms with E-state index in [1.165, 1.54) is 6.07 Å². The minimum absolute atomic E-state index is 0.115. The second kappa shape index (κ2) is 7.75. The van der Waals surface area contributed by atoms with Crippen LogP contribution in [0.15, 0.2) is 78.9 Å². The molecule has 0 aromatic heterocycles. The fourth-order valence-corrected chi connectivity index (χ4v) is 2.74. The first-order valence-corrected chi connectivity index (χ1v) is 8.31. The number of rotatable bonds is 5. The summed E-state index contributed by atoms with van der Waals surface area (Å²) in [7, 11) is 0. The van der Waals surface area contributed by atoms with Crippen molar-refractivity contribution in [3.63, 3.8) is 0 Å². The van der Waals surface area contributed by atoms with Crippen molar-refractivity contribution in [2.75, 3.05) is 0 Å². The van der Waals surface area contributed by atoms with Crippen LogP contribution < -0.4 is 5.32 Å². The zero-order valence-electron chi connectivity index (χ0n) is 14.1. The molecule has 1 unspecified atom stereocenters. The van der Waals surface area contributed by atoms with Crippen LogP contribution in [-0.4, -0.2) is 5.91 Å². The minimum Gasteiger partial charge on any atom is -0.352 e. The maximum atomic E-state index is 14.5. The lowest BCUT2D eigenvalue weighted by molar-refractivity contribution is -0.122. The van der Waals surface area contributed by atoms with Crippen LogP contribution in [0.2, 0.25) is 0 Å². The molecule has 1 N–H and O–H groups in total. The molecule has 0 saturated carbocycles. The summed E-state index contributed by atoms with van der Waals surface area (Å²) in [4.78, 5) is 12.3. The summed E-state index contributed by atoms with van der Waals surface area (Å²) >= 11 is 0. The van der Waals surface area contributed by atoms with Crippen LogP contribution >= 0.6 is 0 Å². The first kappa shape index (κ1) is 16.9. The van der Waals surface area contributed by atoms with Crippen molar-refractivity contribution in [1.82, 2.24) is 5.32 Å². The lowest BCUT2D eigenvalue weighted by atomic mass is 9.96. The summed E-state index contributed by atoms with van der Waals surface area (Å²) in [5, 5.41) is 2.90. The van der Waals surface area contributed by atoms with Gasteiger partial charge in [0.25, 0.3) is 0 Å². The van der Waals surface area contributed by atoms with Crippen LogP contribution in [0.4, 0.5) is 4.39 Å². The number of amides is 1. The highest BCUT2D eigenvalue weighted by atomic mass is 19.1. The molecule has 0 aliphatic carbocycles. The number of carbonyl (C=O) groups is 1. The molecule has 0 radical (unpaired) electrons. The van der Waals surface area contributed by atoms with E-state index in [1.54, 1.807) is 13.0 Å². The van der Waals surface area contributed by atoms with Crippen molar-refractivity contribution < 1.29 is 9.18 Å². The average molecular weight is 333 g/mol. The SMILES string of the molecule is CC(C(=O)NCc1ccccc1)c1ccc(-c2ccccc2)c(F)c1. The predicted octanol–water partition coefficient (Wildman–Crippen LogP) is 4.91. The smallest absolute Gasteiger partial charge is 0.227 e. The molecule has 0 fully saturated rings. The lowest BCUT2D eigenvalue weighted by Gasteiger charge is -2.14. The molecular weight excluding hydrogens is 313 g/mol. The van der Waals surface area contributed by atoms with Gasteiger partial charge in [0.15, 0.2) is 0 Å². The van der Waals surface area contributed by atoms with Gasteiger partial charge in [-0.2, -0.15) is 0 Å². The highest BCUT2D eigenvalue weighted by molar-refractivity contribution is 5.83. The molecule has 126 valence electrons. The Morgan fingerprint density at radius 3 is 2.24 bits per heavy atom. The van der Waals surface area contributed by atoms with Gasteiger partial charge in [0.1, 0.15) is 5.82 Å². The maximum Gasteiger partial charge on any atom is 0.227 e. The molecule has 0 aliphatic heterocycles. The Balaban J connectivity index is 1.70.